The van der Waals surface area contributed by atoms with Gasteiger partial charge in [0.05, 0.1) is 0 Å². The van der Waals surface area contributed by atoms with Gasteiger partial charge >= 0.3 is 0 Å². The van der Waals surface area contributed by atoms with Crippen LogP contribution in [0.15, 0.2) is 42.9 Å². The summed E-state index contributed by atoms with van der Waals surface area (Å²) in [5, 5.41) is 0. The molecule has 0 aromatic carbocycles. The standard InChI is InChI=1S/C17H21N3/c1-14-2-3-17(19-11-14)10-16-6-9-20(13-16)12-15-4-7-18-8-5-15/h2-5,7-8,11,16H,6,9-10,12-13H2,1H3. The molecule has 0 saturated carbocycles. The predicted molar refractivity (Wildman–Crippen MR) is 80.3 cm³/mol. The molecule has 0 bridgehead atoms. The molecule has 1 aliphatic heterocycles. The maximum atomic E-state index is 4.52. The number of pyridine rings is 2. The van der Waals surface area contributed by atoms with Crippen molar-refractivity contribution in [3.8, 4) is 0 Å². The van der Waals surface area contributed by atoms with Gasteiger partial charge in [0.25, 0.3) is 0 Å². The minimum absolute atomic E-state index is 0.743. The average molecular weight is 267 g/mol. The van der Waals surface area contributed by atoms with Crippen molar-refractivity contribution in [2.75, 3.05) is 13.1 Å². The third-order valence-electron chi connectivity index (χ3n) is 4.00. The summed E-state index contributed by atoms with van der Waals surface area (Å²) in [5.41, 5.74) is 3.82. The summed E-state index contributed by atoms with van der Waals surface area (Å²) in [4.78, 5) is 11.1. The highest BCUT2D eigenvalue weighted by atomic mass is 15.1. The van der Waals surface area contributed by atoms with E-state index < -0.39 is 0 Å². The van der Waals surface area contributed by atoms with Crippen LogP contribution in [-0.4, -0.2) is 28.0 Å². The van der Waals surface area contributed by atoms with Crippen molar-refractivity contribution in [3.63, 3.8) is 0 Å². The van der Waals surface area contributed by atoms with Crippen LogP contribution in [0.25, 0.3) is 0 Å². The highest BCUT2D eigenvalue weighted by Crippen LogP contribution is 2.21. The molecule has 20 heavy (non-hydrogen) atoms. The first-order valence-corrected chi connectivity index (χ1v) is 7.32. The Hall–Kier alpha value is -1.74. The molecule has 1 atom stereocenters. The van der Waals surface area contributed by atoms with Gasteiger partial charge in [-0.25, -0.2) is 0 Å². The van der Waals surface area contributed by atoms with Gasteiger partial charge in [-0.3, -0.25) is 14.9 Å². The molecule has 0 amide bonds. The van der Waals surface area contributed by atoms with Crippen molar-refractivity contribution >= 4 is 0 Å². The second-order valence-electron chi connectivity index (χ2n) is 5.78. The van der Waals surface area contributed by atoms with Crippen molar-refractivity contribution in [2.24, 2.45) is 5.92 Å². The average Bonchev–Trinajstić information content (AvgIpc) is 2.90. The van der Waals surface area contributed by atoms with Crippen molar-refractivity contribution in [1.82, 2.24) is 14.9 Å². The Morgan fingerprint density at radius 2 is 2.05 bits per heavy atom. The smallest absolute Gasteiger partial charge is 0.0407 e. The lowest BCUT2D eigenvalue weighted by Crippen LogP contribution is -2.20. The van der Waals surface area contributed by atoms with E-state index in [1.807, 2.05) is 18.6 Å². The van der Waals surface area contributed by atoms with Gasteiger partial charge in [-0.2, -0.15) is 0 Å². The maximum absolute atomic E-state index is 4.52. The Morgan fingerprint density at radius 3 is 2.80 bits per heavy atom. The molecule has 3 heteroatoms. The molecular weight excluding hydrogens is 246 g/mol. The highest BCUT2D eigenvalue weighted by molar-refractivity contribution is 5.13. The molecule has 1 aliphatic rings. The summed E-state index contributed by atoms with van der Waals surface area (Å²) in [5.74, 6) is 0.743. The zero-order chi connectivity index (χ0) is 13.8. The number of aryl methyl sites for hydroxylation is 1. The molecule has 1 unspecified atom stereocenters. The van der Waals surface area contributed by atoms with Crippen molar-refractivity contribution < 1.29 is 0 Å². The lowest BCUT2D eigenvalue weighted by Gasteiger charge is -2.15. The second kappa shape index (κ2) is 6.14. The highest BCUT2D eigenvalue weighted by Gasteiger charge is 2.22. The Labute approximate surface area is 120 Å². The fourth-order valence-electron chi connectivity index (χ4n) is 2.88. The van der Waals surface area contributed by atoms with Crippen molar-refractivity contribution in [3.05, 3.63) is 59.7 Å². The topological polar surface area (TPSA) is 29.0 Å². The number of nitrogens with zero attached hydrogens (tertiary/aromatic N) is 3. The Kier molecular flexibility index (Phi) is 4.07. The third-order valence-corrected chi connectivity index (χ3v) is 4.00. The Bertz CT molecular complexity index is 536. The van der Waals surface area contributed by atoms with Crippen LogP contribution in [0, 0.1) is 12.8 Å². The van der Waals surface area contributed by atoms with E-state index >= 15 is 0 Å². The zero-order valence-electron chi connectivity index (χ0n) is 12.0. The van der Waals surface area contributed by atoms with Crippen LogP contribution in [-0.2, 0) is 13.0 Å². The first kappa shape index (κ1) is 13.3. The Balaban J connectivity index is 1.53. The van der Waals surface area contributed by atoms with Gasteiger partial charge in [0.1, 0.15) is 0 Å². The van der Waals surface area contributed by atoms with Crippen molar-refractivity contribution in [2.45, 2.75) is 26.3 Å². The van der Waals surface area contributed by atoms with E-state index in [1.165, 1.54) is 36.3 Å². The number of hydrogen-bond donors (Lipinski definition) is 0. The molecular formula is C17H21N3. The molecule has 1 fully saturated rings. The number of hydrogen-bond acceptors (Lipinski definition) is 3. The lowest BCUT2D eigenvalue weighted by atomic mass is 10.0. The molecule has 3 rings (SSSR count). The summed E-state index contributed by atoms with van der Waals surface area (Å²) < 4.78 is 0. The van der Waals surface area contributed by atoms with Crippen LogP contribution >= 0.6 is 0 Å². The molecule has 3 nitrogen and oxygen atoms in total. The van der Waals surface area contributed by atoms with Crippen LogP contribution in [0.4, 0.5) is 0 Å². The van der Waals surface area contributed by atoms with Gasteiger partial charge in [0.2, 0.25) is 0 Å². The molecule has 0 N–H and O–H groups in total. The van der Waals surface area contributed by atoms with E-state index in [4.69, 9.17) is 0 Å². The molecule has 2 aromatic rings. The summed E-state index contributed by atoms with van der Waals surface area (Å²) in [7, 11) is 0. The summed E-state index contributed by atoms with van der Waals surface area (Å²) >= 11 is 0. The van der Waals surface area contributed by atoms with E-state index in [9.17, 15) is 0 Å². The fraction of sp³-hybridized carbons (Fsp3) is 0.412. The monoisotopic (exact) mass is 267 g/mol. The van der Waals surface area contributed by atoms with E-state index in [-0.39, 0.29) is 0 Å². The van der Waals surface area contributed by atoms with Crippen LogP contribution in [0.2, 0.25) is 0 Å². The zero-order valence-corrected chi connectivity index (χ0v) is 12.0. The first-order chi connectivity index (χ1) is 9.79. The second-order valence-corrected chi connectivity index (χ2v) is 5.78. The summed E-state index contributed by atoms with van der Waals surface area (Å²) in [6.45, 7) is 5.50. The van der Waals surface area contributed by atoms with Gasteiger partial charge in [-0.15, -0.1) is 0 Å². The van der Waals surface area contributed by atoms with Gasteiger partial charge in [-0.05, 0) is 61.6 Å². The van der Waals surface area contributed by atoms with Crippen LogP contribution in [0.3, 0.4) is 0 Å². The number of aromatic nitrogens is 2. The van der Waals surface area contributed by atoms with Crippen LogP contribution < -0.4 is 0 Å². The SMILES string of the molecule is Cc1ccc(CC2CCN(Cc3ccncc3)C2)nc1. The lowest BCUT2D eigenvalue weighted by molar-refractivity contribution is 0.316. The van der Waals surface area contributed by atoms with Gasteiger partial charge in [0.15, 0.2) is 0 Å². The molecule has 1 saturated heterocycles. The summed E-state index contributed by atoms with van der Waals surface area (Å²) in [6.07, 6.45) is 8.10. The molecule has 0 spiro atoms. The summed E-state index contributed by atoms with van der Waals surface area (Å²) in [6, 6.07) is 8.54. The van der Waals surface area contributed by atoms with Gasteiger partial charge in [0, 0.05) is 37.4 Å². The van der Waals surface area contributed by atoms with E-state index in [2.05, 4.69) is 46.1 Å². The molecule has 0 radical (unpaired) electrons. The Morgan fingerprint density at radius 1 is 1.20 bits per heavy atom. The molecule has 3 heterocycles. The third kappa shape index (κ3) is 3.42. The largest absolute Gasteiger partial charge is 0.299 e. The molecule has 2 aromatic heterocycles. The van der Waals surface area contributed by atoms with Crippen LogP contribution in [0.1, 0.15) is 23.2 Å². The van der Waals surface area contributed by atoms with E-state index in [0.29, 0.717) is 0 Å². The minimum Gasteiger partial charge on any atom is -0.299 e. The minimum atomic E-state index is 0.743. The first-order valence-electron chi connectivity index (χ1n) is 7.32. The molecule has 104 valence electrons. The fourth-order valence-corrected chi connectivity index (χ4v) is 2.88. The molecule has 0 aliphatic carbocycles. The van der Waals surface area contributed by atoms with E-state index in [0.717, 1.165) is 18.9 Å². The van der Waals surface area contributed by atoms with Crippen LogP contribution in [0.5, 0.6) is 0 Å². The van der Waals surface area contributed by atoms with Gasteiger partial charge in [-0.1, -0.05) is 6.07 Å². The number of likely N-dealkylation sites (tertiary alicyclic amines) is 1. The van der Waals surface area contributed by atoms with Gasteiger partial charge < -0.3 is 0 Å². The normalized spacial score (nSPS) is 19.4. The van der Waals surface area contributed by atoms with Crippen molar-refractivity contribution in [1.29, 1.82) is 0 Å². The quantitative estimate of drug-likeness (QED) is 0.853. The number of rotatable bonds is 4. The van der Waals surface area contributed by atoms with E-state index in [1.54, 1.807) is 0 Å². The maximum Gasteiger partial charge on any atom is 0.0407 e. The predicted octanol–water partition coefficient (Wildman–Crippen LogP) is 2.85.